The van der Waals surface area contributed by atoms with Crippen LogP contribution in [0.3, 0.4) is 0 Å². The number of aromatic nitrogens is 1. The molecular weight excluding hydrogens is 228 g/mol. The molecule has 0 saturated carbocycles. The highest BCUT2D eigenvalue weighted by atomic mass is 16.1. The fraction of sp³-hybridized carbons (Fsp3) is 0.286. The first-order chi connectivity index (χ1) is 8.54. The maximum Gasteiger partial charge on any atom is 0.211 e. The van der Waals surface area contributed by atoms with Crippen molar-refractivity contribution in [3.8, 4) is 0 Å². The molecule has 0 aliphatic carbocycles. The summed E-state index contributed by atoms with van der Waals surface area (Å²) in [4.78, 5) is 22.6. The van der Waals surface area contributed by atoms with E-state index in [9.17, 15) is 9.59 Å². The summed E-state index contributed by atoms with van der Waals surface area (Å²) in [6, 6.07) is 5.55. The molecule has 0 aliphatic heterocycles. The first-order valence-corrected chi connectivity index (χ1v) is 5.88. The highest BCUT2D eigenvalue weighted by Gasteiger charge is 2.16. The highest BCUT2D eigenvalue weighted by molar-refractivity contribution is 6.09. The highest BCUT2D eigenvalue weighted by Crippen LogP contribution is 2.26. The summed E-state index contributed by atoms with van der Waals surface area (Å²) in [7, 11) is 1.91. The van der Waals surface area contributed by atoms with Gasteiger partial charge in [0.15, 0.2) is 5.78 Å². The summed E-state index contributed by atoms with van der Waals surface area (Å²) in [5.41, 5.74) is 2.38. The van der Waals surface area contributed by atoms with Gasteiger partial charge < -0.3 is 9.88 Å². The zero-order valence-electron chi connectivity index (χ0n) is 10.7. The van der Waals surface area contributed by atoms with Gasteiger partial charge in [-0.2, -0.15) is 0 Å². The molecule has 18 heavy (non-hydrogen) atoms. The largest absolute Gasteiger partial charge is 0.350 e. The van der Waals surface area contributed by atoms with Crippen LogP contribution in [0.4, 0.5) is 5.69 Å². The number of Topliss-reactive ketones (excluding diaryl/α,β-unsaturated/α-hetero) is 1. The van der Waals surface area contributed by atoms with E-state index in [0.29, 0.717) is 17.7 Å². The minimum Gasteiger partial charge on any atom is -0.350 e. The smallest absolute Gasteiger partial charge is 0.211 e. The van der Waals surface area contributed by atoms with E-state index in [4.69, 9.17) is 0 Å². The number of carbonyl (C=O) groups excluding carboxylic acids is 2. The molecule has 0 radical (unpaired) electrons. The SMILES string of the molecule is CC(C)C(=O)c1cn(C)c2ccc(NC=O)cc12. The number of nitrogens with one attached hydrogen (secondary N) is 1. The second-order valence-corrected chi connectivity index (χ2v) is 4.67. The zero-order valence-corrected chi connectivity index (χ0v) is 10.7. The Bertz CT molecular complexity index is 612. The van der Waals surface area contributed by atoms with Gasteiger partial charge in [-0.05, 0) is 18.2 Å². The van der Waals surface area contributed by atoms with Crippen molar-refractivity contribution in [3.05, 3.63) is 30.0 Å². The van der Waals surface area contributed by atoms with E-state index >= 15 is 0 Å². The molecule has 0 spiro atoms. The fourth-order valence-corrected chi connectivity index (χ4v) is 2.06. The lowest BCUT2D eigenvalue weighted by atomic mass is 10.0. The second-order valence-electron chi connectivity index (χ2n) is 4.67. The quantitative estimate of drug-likeness (QED) is 0.664. The molecule has 1 heterocycles. The third kappa shape index (κ3) is 2.01. The van der Waals surface area contributed by atoms with Crippen molar-refractivity contribution >= 4 is 28.8 Å². The average molecular weight is 244 g/mol. The molecule has 4 heteroatoms. The minimum absolute atomic E-state index is 0.0433. The number of hydrogen-bond donors (Lipinski definition) is 1. The third-order valence-electron chi connectivity index (χ3n) is 3.00. The zero-order chi connectivity index (χ0) is 13.3. The van der Waals surface area contributed by atoms with Gasteiger partial charge in [-0.15, -0.1) is 0 Å². The molecule has 0 unspecified atom stereocenters. The first kappa shape index (κ1) is 12.4. The summed E-state index contributed by atoms with van der Waals surface area (Å²) in [5.74, 6) is 0.0714. The van der Waals surface area contributed by atoms with Crippen molar-refractivity contribution in [3.63, 3.8) is 0 Å². The van der Waals surface area contributed by atoms with Crippen molar-refractivity contribution in [1.29, 1.82) is 0 Å². The van der Waals surface area contributed by atoms with Crippen molar-refractivity contribution in [2.75, 3.05) is 5.32 Å². The van der Waals surface area contributed by atoms with Gasteiger partial charge in [0, 0.05) is 41.3 Å². The number of nitrogens with zero attached hydrogens (tertiary/aromatic N) is 1. The fourth-order valence-electron chi connectivity index (χ4n) is 2.06. The van der Waals surface area contributed by atoms with Crippen molar-refractivity contribution in [1.82, 2.24) is 4.57 Å². The van der Waals surface area contributed by atoms with Crippen LogP contribution in [0.25, 0.3) is 10.9 Å². The number of carbonyl (C=O) groups is 2. The van der Waals surface area contributed by atoms with Crippen LogP contribution in [0.2, 0.25) is 0 Å². The molecule has 2 aromatic rings. The van der Waals surface area contributed by atoms with Crippen LogP contribution in [-0.4, -0.2) is 16.8 Å². The molecule has 1 aromatic heterocycles. The maximum atomic E-state index is 12.1. The first-order valence-electron chi connectivity index (χ1n) is 5.88. The number of amides is 1. The third-order valence-corrected chi connectivity index (χ3v) is 3.00. The van der Waals surface area contributed by atoms with Gasteiger partial charge in [0.1, 0.15) is 0 Å². The Hall–Kier alpha value is -2.10. The predicted octanol–water partition coefficient (Wildman–Crippen LogP) is 2.59. The molecule has 1 amide bonds. The van der Waals surface area contributed by atoms with Gasteiger partial charge in [-0.1, -0.05) is 13.8 Å². The molecule has 1 aromatic carbocycles. The number of benzene rings is 1. The van der Waals surface area contributed by atoms with Crippen LogP contribution in [0.15, 0.2) is 24.4 Å². The van der Waals surface area contributed by atoms with Crippen molar-refractivity contribution < 1.29 is 9.59 Å². The molecular formula is C14H16N2O2. The van der Waals surface area contributed by atoms with Crippen LogP contribution in [0.5, 0.6) is 0 Å². The Morgan fingerprint density at radius 2 is 2.11 bits per heavy atom. The van der Waals surface area contributed by atoms with E-state index in [0.717, 1.165) is 10.9 Å². The monoisotopic (exact) mass is 244 g/mol. The number of hydrogen-bond acceptors (Lipinski definition) is 2. The van der Waals surface area contributed by atoms with Gasteiger partial charge in [0.25, 0.3) is 0 Å². The van der Waals surface area contributed by atoms with Gasteiger partial charge in [0.05, 0.1) is 0 Å². The Labute approximate surface area is 106 Å². The molecule has 2 rings (SSSR count). The Kier molecular flexibility index (Phi) is 3.19. The molecule has 1 N–H and O–H groups in total. The minimum atomic E-state index is -0.0433. The van der Waals surface area contributed by atoms with E-state index in [1.165, 1.54) is 0 Å². The van der Waals surface area contributed by atoms with E-state index in [1.54, 1.807) is 0 Å². The van der Waals surface area contributed by atoms with Crippen LogP contribution in [-0.2, 0) is 11.8 Å². The lowest BCUT2D eigenvalue weighted by Gasteiger charge is -2.03. The molecule has 0 bridgehead atoms. The van der Waals surface area contributed by atoms with Crippen molar-refractivity contribution in [2.45, 2.75) is 13.8 Å². The molecule has 0 fully saturated rings. The second kappa shape index (κ2) is 4.64. The molecule has 0 atom stereocenters. The standard InChI is InChI=1S/C14H16N2O2/c1-9(2)14(18)12-7-16(3)13-5-4-10(15-8-17)6-11(12)13/h4-9H,1-3H3,(H,15,17). The van der Waals surface area contributed by atoms with E-state index < -0.39 is 0 Å². The normalized spacial score (nSPS) is 10.9. The van der Waals surface area contributed by atoms with Gasteiger partial charge in [-0.25, -0.2) is 0 Å². The summed E-state index contributed by atoms with van der Waals surface area (Å²) < 4.78 is 1.93. The predicted molar refractivity (Wildman–Crippen MR) is 71.8 cm³/mol. The maximum absolute atomic E-state index is 12.1. The number of anilines is 1. The number of rotatable bonds is 4. The van der Waals surface area contributed by atoms with Crippen molar-refractivity contribution in [2.24, 2.45) is 13.0 Å². The molecule has 0 saturated heterocycles. The summed E-state index contributed by atoms with van der Waals surface area (Å²) >= 11 is 0. The van der Waals surface area contributed by atoms with Gasteiger partial charge >= 0.3 is 0 Å². The van der Waals surface area contributed by atoms with E-state index in [2.05, 4.69) is 5.32 Å². The summed E-state index contributed by atoms with van der Waals surface area (Å²) in [6.07, 6.45) is 2.48. The number of fused-ring (bicyclic) bond motifs is 1. The molecule has 0 aliphatic rings. The van der Waals surface area contributed by atoms with Crippen LogP contribution in [0, 0.1) is 5.92 Å². The summed E-state index contributed by atoms with van der Waals surface area (Å²) in [5, 5.41) is 3.48. The average Bonchev–Trinajstić information content (AvgIpc) is 2.66. The number of ketones is 1. The number of aryl methyl sites for hydroxylation is 1. The Balaban J connectivity index is 2.62. The van der Waals surface area contributed by atoms with Gasteiger partial charge in [-0.3, -0.25) is 9.59 Å². The Morgan fingerprint density at radius 3 is 2.72 bits per heavy atom. The molecule has 4 nitrogen and oxygen atoms in total. The molecule has 94 valence electrons. The topological polar surface area (TPSA) is 51.1 Å². The Morgan fingerprint density at radius 1 is 1.39 bits per heavy atom. The van der Waals surface area contributed by atoms with E-state index in [1.807, 2.05) is 49.9 Å². The lowest BCUT2D eigenvalue weighted by molar-refractivity contribution is -0.105. The van der Waals surface area contributed by atoms with E-state index in [-0.39, 0.29) is 11.7 Å². The van der Waals surface area contributed by atoms with Crippen LogP contribution in [0.1, 0.15) is 24.2 Å². The summed E-state index contributed by atoms with van der Waals surface area (Å²) in [6.45, 7) is 3.77. The van der Waals surface area contributed by atoms with Gasteiger partial charge in [0.2, 0.25) is 6.41 Å². The van der Waals surface area contributed by atoms with Crippen LogP contribution < -0.4 is 5.32 Å². The lowest BCUT2D eigenvalue weighted by Crippen LogP contribution is -2.06. The van der Waals surface area contributed by atoms with Crippen LogP contribution >= 0.6 is 0 Å².